The standard InChI is InChI=1S/C16H11Cl2N3O4/c17-12-6-5-11(7-13(12)18)20-14(22)15(23)21-19-8-9-1-3-10(4-2-9)16(24)25/h1-8H,(H,20,22)(H,21,23)(H,24,25)/p-1. The summed E-state index contributed by atoms with van der Waals surface area (Å²) in [5, 5.41) is 17.1. The number of carboxylic acid groups (broad SMARTS) is 1. The summed E-state index contributed by atoms with van der Waals surface area (Å²) < 4.78 is 0. The molecule has 128 valence electrons. The zero-order valence-electron chi connectivity index (χ0n) is 12.5. The molecule has 2 N–H and O–H groups in total. The first kappa shape index (κ1) is 18.4. The molecule has 0 heterocycles. The van der Waals surface area contributed by atoms with Crippen LogP contribution in [-0.4, -0.2) is 24.0 Å². The number of halogens is 2. The summed E-state index contributed by atoms with van der Waals surface area (Å²) in [6.45, 7) is 0. The minimum Gasteiger partial charge on any atom is -0.545 e. The maximum atomic E-state index is 11.7. The Morgan fingerprint density at radius 2 is 1.64 bits per heavy atom. The Hall–Kier alpha value is -2.90. The Morgan fingerprint density at radius 1 is 0.960 bits per heavy atom. The van der Waals surface area contributed by atoms with Gasteiger partial charge < -0.3 is 15.2 Å². The fraction of sp³-hybridized carbons (Fsp3) is 0. The number of hydrogen-bond acceptors (Lipinski definition) is 5. The number of anilines is 1. The van der Waals surface area contributed by atoms with Crippen LogP contribution in [0.25, 0.3) is 0 Å². The molecular weight excluding hydrogens is 369 g/mol. The van der Waals surface area contributed by atoms with Gasteiger partial charge in [-0.25, -0.2) is 5.43 Å². The van der Waals surface area contributed by atoms with Gasteiger partial charge in [-0.1, -0.05) is 47.5 Å². The maximum absolute atomic E-state index is 11.7. The van der Waals surface area contributed by atoms with Gasteiger partial charge >= 0.3 is 11.8 Å². The quantitative estimate of drug-likeness (QED) is 0.476. The van der Waals surface area contributed by atoms with E-state index in [1.165, 1.54) is 48.7 Å². The van der Waals surface area contributed by atoms with E-state index in [9.17, 15) is 19.5 Å². The van der Waals surface area contributed by atoms with Crippen LogP contribution in [0.5, 0.6) is 0 Å². The van der Waals surface area contributed by atoms with E-state index in [4.69, 9.17) is 23.2 Å². The Kier molecular flexibility index (Phi) is 6.10. The van der Waals surface area contributed by atoms with Crippen LogP contribution in [0.3, 0.4) is 0 Å². The molecule has 2 rings (SSSR count). The van der Waals surface area contributed by atoms with Gasteiger partial charge in [-0.15, -0.1) is 0 Å². The van der Waals surface area contributed by atoms with Crippen molar-refractivity contribution in [1.82, 2.24) is 5.43 Å². The molecule has 0 aliphatic carbocycles. The van der Waals surface area contributed by atoms with Gasteiger partial charge in [0.1, 0.15) is 0 Å². The van der Waals surface area contributed by atoms with Gasteiger partial charge in [0.2, 0.25) is 0 Å². The van der Waals surface area contributed by atoms with E-state index in [0.717, 1.165) is 0 Å². The van der Waals surface area contributed by atoms with Crippen molar-refractivity contribution in [1.29, 1.82) is 0 Å². The highest BCUT2D eigenvalue weighted by Gasteiger charge is 2.13. The van der Waals surface area contributed by atoms with Crippen molar-refractivity contribution in [2.24, 2.45) is 5.10 Å². The number of hydrogen-bond donors (Lipinski definition) is 2. The summed E-state index contributed by atoms with van der Waals surface area (Å²) >= 11 is 11.6. The summed E-state index contributed by atoms with van der Waals surface area (Å²) in [6.07, 6.45) is 1.25. The van der Waals surface area contributed by atoms with Crippen molar-refractivity contribution in [3.05, 3.63) is 63.6 Å². The fourth-order valence-corrected chi connectivity index (χ4v) is 1.98. The van der Waals surface area contributed by atoms with E-state index in [0.29, 0.717) is 16.3 Å². The number of rotatable bonds is 4. The normalized spacial score (nSPS) is 10.5. The third-order valence-corrected chi connectivity index (χ3v) is 3.65. The molecule has 0 saturated heterocycles. The Morgan fingerprint density at radius 3 is 2.24 bits per heavy atom. The number of hydrazone groups is 1. The molecule has 0 aliphatic heterocycles. The van der Waals surface area contributed by atoms with Crippen LogP contribution in [0.2, 0.25) is 10.0 Å². The van der Waals surface area contributed by atoms with E-state index in [1.807, 2.05) is 5.43 Å². The van der Waals surface area contributed by atoms with Crippen LogP contribution in [0, 0.1) is 0 Å². The smallest absolute Gasteiger partial charge is 0.329 e. The second kappa shape index (κ2) is 8.27. The lowest BCUT2D eigenvalue weighted by Gasteiger charge is -2.05. The molecule has 0 atom stereocenters. The molecule has 2 aromatic rings. The lowest BCUT2D eigenvalue weighted by molar-refractivity contribution is -0.255. The highest BCUT2D eigenvalue weighted by Crippen LogP contribution is 2.24. The lowest BCUT2D eigenvalue weighted by atomic mass is 10.1. The predicted octanol–water partition coefficient (Wildman–Crippen LogP) is 1.45. The van der Waals surface area contributed by atoms with Crippen LogP contribution in [0.1, 0.15) is 15.9 Å². The molecule has 0 fully saturated rings. The van der Waals surface area contributed by atoms with Gasteiger partial charge in [-0.3, -0.25) is 9.59 Å². The molecule has 7 nitrogen and oxygen atoms in total. The number of carboxylic acids is 1. The monoisotopic (exact) mass is 378 g/mol. The molecular formula is C16H10Cl2N3O4-. The number of amides is 2. The predicted molar refractivity (Wildman–Crippen MR) is 91.6 cm³/mol. The highest BCUT2D eigenvalue weighted by atomic mass is 35.5. The maximum Gasteiger partial charge on any atom is 0.329 e. The molecule has 9 heteroatoms. The summed E-state index contributed by atoms with van der Waals surface area (Å²) in [6, 6.07) is 9.96. The van der Waals surface area contributed by atoms with E-state index in [-0.39, 0.29) is 10.6 Å². The van der Waals surface area contributed by atoms with E-state index < -0.39 is 17.8 Å². The van der Waals surface area contributed by atoms with Crippen LogP contribution in [0.4, 0.5) is 5.69 Å². The fourth-order valence-electron chi connectivity index (χ4n) is 1.68. The second-order valence-corrected chi connectivity index (χ2v) is 5.51. The number of benzene rings is 2. The van der Waals surface area contributed by atoms with Crippen molar-refractivity contribution in [3.63, 3.8) is 0 Å². The number of nitrogens with zero attached hydrogens (tertiary/aromatic N) is 1. The third-order valence-electron chi connectivity index (χ3n) is 2.91. The Balaban J connectivity index is 1.91. The molecule has 0 unspecified atom stereocenters. The zero-order valence-corrected chi connectivity index (χ0v) is 14.0. The van der Waals surface area contributed by atoms with E-state index in [1.54, 1.807) is 0 Å². The van der Waals surface area contributed by atoms with Crippen molar-refractivity contribution in [2.45, 2.75) is 0 Å². The summed E-state index contributed by atoms with van der Waals surface area (Å²) in [4.78, 5) is 34.0. The largest absolute Gasteiger partial charge is 0.545 e. The first-order valence-electron chi connectivity index (χ1n) is 6.77. The number of aromatic carboxylic acids is 1. The molecule has 0 bridgehead atoms. The SMILES string of the molecule is O=C(NN=Cc1ccc(C(=O)[O-])cc1)C(=O)Nc1ccc(Cl)c(Cl)c1. The van der Waals surface area contributed by atoms with Crippen LogP contribution in [-0.2, 0) is 9.59 Å². The summed E-state index contributed by atoms with van der Waals surface area (Å²) in [7, 11) is 0. The van der Waals surface area contributed by atoms with Gasteiger partial charge in [0.05, 0.1) is 22.2 Å². The van der Waals surface area contributed by atoms with Gasteiger partial charge in [-0.2, -0.15) is 5.10 Å². The molecule has 0 radical (unpaired) electrons. The van der Waals surface area contributed by atoms with Crippen LogP contribution < -0.4 is 15.8 Å². The Bertz CT molecular complexity index is 851. The highest BCUT2D eigenvalue weighted by molar-refractivity contribution is 6.42. The van der Waals surface area contributed by atoms with Crippen molar-refractivity contribution >= 4 is 52.9 Å². The molecule has 2 aromatic carbocycles. The average molecular weight is 379 g/mol. The Labute approximate surface area is 152 Å². The topological polar surface area (TPSA) is 111 Å². The first-order chi connectivity index (χ1) is 11.9. The van der Waals surface area contributed by atoms with Crippen molar-refractivity contribution < 1.29 is 19.5 Å². The van der Waals surface area contributed by atoms with Gasteiger partial charge in [-0.05, 0) is 29.3 Å². The third kappa shape index (κ3) is 5.30. The summed E-state index contributed by atoms with van der Waals surface area (Å²) in [5.74, 6) is -3.23. The van der Waals surface area contributed by atoms with E-state index in [2.05, 4.69) is 10.4 Å². The van der Waals surface area contributed by atoms with Gasteiger partial charge in [0.15, 0.2) is 0 Å². The number of nitrogens with one attached hydrogen (secondary N) is 2. The average Bonchev–Trinajstić information content (AvgIpc) is 2.58. The molecule has 0 saturated carbocycles. The van der Waals surface area contributed by atoms with Crippen LogP contribution >= 0.6 is 23.2 Å². The van der Waals surface area contributed by atoms with Gasteiger partial charge in [0, 0.05) is 5.69 Å². The first-order valence-corrected chi connectivity index (χ1v) is 7.53. The van der Waals surface area contributed by atoms with Crippen molar-refractivity contribution in [3.8, 4) is 0 Å². The zero-order chi connectivity index (χ0) is 18.4. The summed E-state index contributed by atoms with van der Waals surface area (Å²) in [5.41, 5.74) is 2.89. The molecule has 25 heavy (non-hydrogen) atoms. The minimum atomic E-state index is -1.30. The lowest BCUT2D eigenvalue weighted by Crippen LogP contribution is -2.32. The second-order valence-electron chi connectivity index (χ2n) is 4.69. The number of carbonyl (C=O) groups is 3. The van der Waals surface area contributed by atoms with Gasteiger partial charge in [0.25, 0.3) is 0 Å². The van der Waals surface area contributed by atoms with E-state index >= 15 is 0 Å². The minimum absolute atomic E-state index is 0.0159. The van der Waals surface area contributed by atoms with Crippen LogP contribution in [0.15, 0.2) is 47.6 Å². The number of carbonyl (C=O) groups excluding carboxylic acids is 3. The van der Waals surface area contributed by atoms with Crippen molar-refractivity contribution in [2.75, 3.05) is 5.32 Å². The molecule has 0 spiro atoms. The molecule has 2 amide bonds. The molecule has 0 aliphatic rings. The molecule has 0 aromatic heterocycles.